The fraction of sp³-hybridized carbons (Fsp3) is 0.227. The summed E-state index contributed by atoms with van der Waals surface area (Å²) in [6.07, 6.45) is 4.85. The lowest BCUT2D eigenvalue weighted by molar-refractivity contribution is 0.0835. The summed E-state index contributed by atoms with van der Waals surface area (Å²) in [7, 11) is 0. The molecule has 160 valence electrons. The van der Waals surface area contributed by atoms with E-state index in [1.807, 2.05) is 24.3 Å². The molecule has 0 saturated carbocycles. The lowest BCUT2D eigenvalue weighted by Crippen LogP contribution is -2.24. The van der Waals surface area contributed by atoms with Gasteiger partial charge in [-0.3, -0.25) is 18.7 Å². The zero-order chi connectivity index (χ0) is 21.7. The number of hydrogen-bond acceptors (Lipinski definition) is 7. The van der Waals surface area contributed by atoms with Crippen molar-refractivity contribution in [1.82, 2.24) is 29.1 Å². The minimum Gasteiger partial charge on any atom is -0.368 e. The van der Waals surface area contributed by atoms with Crippen LogP contribution in [0.5, 0.6) is 0 Å². The van der Waals surface area contributed by atoms with E-state index in [2.05, 4.69) is 20.1 Å². The molecule has 1 unspecified atom stereocenters. The van der Waals surface area contributed by atoms with Gasteiger partial charge in [-0.25, -0.2) is 4.98 Å². The van der Waals surface area contributed by atoms with Crippen molar-refractivity contribution in [3.8, 4) is 11.5 Å². The Morgan fingerprint density at radius 2 is 2.09 bits per heavy atom. The van der Waals surface area contributed by atoms with Crippen molar-refractivity contribution in [1.29, 1.82) is 0 Å². The van der Waals surface area contributed by atoms with Crippen LogP contribution in [0.15, 0.2) is 58.2 Å². The average molecular weight is 449 g/mol. The van der Waals surface area contributed by atoms with E-state index in [4.69, 9.17) is 20.9 Å². The van der Waals surface area contributed by atoms with Crippen molar-refractivity contribution >= 4 is 28.2 Å². The normalized spacial score (nSPS) is 16.3. The first-order valence-corrected chi connectivity index (χ1v) is 10.6. The van der Waals surface area contributed by atoms with Crippen molar-refractivity contribution in [2.24, 2.45) is 0 Å². The number of rotatable bonds is 4. The smallest absolute Gasteiger partial charge is 0.278 e. The average Bonchev–Trinajstić information content (AvgIpc) is 3.57. The van der Waals surface area contributed by atoms with Crippen LogP contribution in [0.4, 0.5) is 0 Å². The van der Waals surface area contributed by atoms with Gasteiger partial charge < -0.3 is 9.26 Å². The van der Waals surface area contributed by atoms with Gasteiger partial charge in [0, 0.05) is 17.8 Å². The highest BCUT2D eigenvalue weighted by molar-refractivity contribution is 6.31. The first kappa shape index (κ1) is 19.1. The number of hydrogen-bond donors (Lipinski definition) is 0. The quantitative estimate of drug-likeness (QED) is 0.413. The molecule has 0 bridgehead atoms. The van der Waals surface area contributed by atoms with Gasteiger partial charge in [0.1, 0.15) is 23.6 Å². The van der Waals surface area contributed by atoms with E-state index in [9.17, 15) is 4.79 Å². The molecular formula is C22H17ClN6O3. The van der Waals surface area contributed by atoms with Gasteiger partial charge in [0.25, 0.3) is 11.4 Å². The van der Waals surface area contributed by atoms with Crippen molar-refractivity contribution in [3.05, 3.63) is 75.9 Å². The minimum atomic E-state index is -0.249. The summed E-state index contributed by atoms with van der Waals surface area (Å²) in [5.74, 6) is 0.660. The van der Waals surface area contributed by atoms with Crippen LogP contribution in [-0.4, -0.2) is 35.7 Å². The van der Waals surface area contributed by atoms with E-state index < -0.39 is 0 Å². The van der Waals surface area contributed by atoms with Crippen molar-refractivity contribution in [2.45, 2.75) is 25.5 Å². The zero-order valence-electron chi connectivity index (χ0n) is 16.8. The van der Waals surface area contributed by atoms with E-state index >= 15 is 0 Å². The van der Waals surface area contributed by atoms with Crippen LogP contribution < -0.4 is 5.56 Å². The number of aromatic nitrogens is 6. The van der Waals surface area contributed by atoms with E-state index in [-0.39, 0.29) is 24.0 Å². The second-order valence-corrected chi connectivity index (χ2v) is 8.05. The predicted molar refractivity (Wildman–Crippen MR) is 117 cm³/mol. The third-order valence-electron chi connectivity index (χ3n) is 5.61. The first-order chi connectivity index (χ1) is 15.7. The molecule has 1 saturated heterocycles. The second-order valence-electron chi connectivity index (χ2n) is 7.62. The van der Waals surface area contributed by atoms with Crippen molar-refractivity contribution in [3.63, 3.8) is 0 Å². The monoisotopic (exact) mass is 448 g/mol. The number of fused-ring (bicyclic) bond motifs is 3. The highest BCUT2D eigenvalue weighted by Crippen LogP contribution is 2.30. The summed E-state index contributed by atoms with van der Waals surface area (Å²) in [6, 6.07) is 11.0. The molecule has 1 aliphatic heterocycles. The fourth-order valence-corrected chi connectivity index (χ4v) is 4.26. The van der Waals surface area contributed by atoms with E-state index in [0.29, 0.717) is 34.2 Å². The summed E-state index contributed by atoms with van der Waals surface area (Å²) in [5.41, 5.74) is 2.67. The standard InChI is InChI=1S/C22H17ClN6O3/c23-13-6-7-15-16(10-13)28(11-14-4-1-2-8-24-14)22(30)19-18(25-12-29(15)19)20-26-21(32-27-20)17-5-3-9-31-17/h1-2,4,6-8,10,12,17H,3,5,9,11H2. The molecular weight excluding hydrogens is 432 g/mol. The zero-order valence-corrected chi connectivity index (χ0v) is 17.6. The van der Waals surface area contributed by atoms with Gasteiger partial charge in [0.05, 0.1) is 23.3 Å². The van der Waals surface area contributed by atoms with Gasteiger partial charge in [0.15, 0.2) is 0 Å². The molecule has 0 radical (unpaired) electrons. The van der Waals surface area contributed by atoms with Crippen LogP contribution in [0, 0.1) is 0 Å². The molecule has 0 aliphatic carbocycles. The largest absolute Gasteiger partial charge is 0.368 e. The molecule has 9 nitrogen and oxygen atoms in total. The molecule has 0 spiro atoms. The van der Waals surface area contributed by atoms with Crippen LogP contribution in [-0.2, 0) is 11.3 Å². The molecule has 1 aliphatic rings. The number of benzene rings is 1. The molecule has 10 heteroatoms. The van der Waals surface area contributed by atoms with Crippen LogP contribution in [0.2, 0.25) is 5.02 Å². The molecule has 1 aromatic carbocycles. The third-order valence-corrected chi connectivity index (χ3v) is 5.84. The summed E-state index contributed by atoms with van der Waals surface area (Å²) >= 11 is 6.26. The summed E-state index contributed by atoms with van der Waals surface area (Å²) in [6.45, 7) is 0.952. The van der Waals surface area contributed by atoms with Gasteiger partial charge in [-0.2, -0.15) is 4.98 Å². The molecule has 1 fully saturated rings. The van der Waals surface area contributed by atoms with Gasteiger partial charge in [0.2, 0.25) is 5.82 Å². The van der Waals surface area contributed by atoms with Crippen molar-refractivity contribution in [2.75, 3.05) is 6.61 Å². The Morgan fingerprint density at radius 1 is 1.16 bits per heavy atom. The molecule has 32 heavy (non-hydrogen) atoms. The Labute approximate surface area is 186 Å². The molecule has 4 aromatic heterocycles. The maximum atomic E-state index is 13.7. The lowest BCUT2D eigenvalue weighted by Gasteiger charge is -2.12. The maximum Gasteiger partial charge on any atom is 0.278 e. The number of nitrogens with zero attached hydrogens (tertiary/aromatic N) is 6. The van der Waals surface area contributed by atoms with E-state index in [1.54, 1.807) is 33.6 Å². The Hall–Kier alpha value is -3.56. The molecule has 1 atom stereocenters. The molecule has 5 heterocycles. The number of ether oxygens (including phenoxy) is 1. The maximum absolute atomic E-state index is 13.7. The summed E-state index contributed by atoms with van der Waals surface area (Å²) in [4.78, 5) is 27.0. The van der Waals surface area contributed by atoms with Crippen LogP contribution >= 0.6 is 11.6 Å². The topological polar surface area (TPSA) is 100 Å². The Bertz CT molecular complexity index is 1500. The highest BCUT2D eigenvalue weighted by Gasteiger charge is 2.26. The second kappa shape index (κ2) is 7.54. The predicted octanol–water partition coefficient (Wildman–Crippen LogP) is 3.65. The van der Waals surface area contributed by atoms with Gasteiger partial charge in [-0.15, -0.1) is 0 Å². The summed E-state index contributed by atoms with van der Waals surface area (Å²) < 4.78 is 14.4. The molecule has 5 aromatic rings. The Morgan fingerprint density at radius 3 is 2.91 bits per heavy atom. The van der Waals surface area contributed by atoms with Gasteiger partial charge >= 0.3 is 0 Å². The minimum absolute atomic E-state index is 0.214. The molecule has 6 rings (SSSR count). The van der Waals surface area contributed by atoms with Crippen molar-refractivity contribution < 1.29 is 9.26 Å². The number of imidazole rings is 1. The number of halogens is 1. The van der Waals surface area contributed by atoms with Crippen LogP contribution in [0.3, 0.4) is 0 Å². The van der Waals surface area contributed by atoms with E-state index in [1.165, 1.54) is 0 Å². The van der Waals surface area contributed by atoms with E-state index in [0.717, 1.165) is 24.1 Å². The highest BCUT2D eigenvalue weighted by atomic mass is 35.5. The summed E-state index contributed by atoms with van der Waals surface area (Å²) in [5, 5.41) is 4.61. The lowest BCUT2D eigenvalue weighted by atomic mass is 10.2. The SMILES string of the molecule is O=c1c2c(-c3noc(C4CCCO4)n3)ncn2c2ccc(Cl)cc2n1Cc1ccccn1. The third kappa shape index (κ3) is 3.09. The first-order valence-electron chi connectivity index (χ1n) is 10.2. The Balaban J connectivity index is 1.57. The fourth-order valence-electron chi connectivity index (χ4n) is 4.10. The van der Waals surface area contributed by atoms with Gasteiger partial charge in [-0.1, -0.05) is 22.8 Å². The van der Waals surface area contributed by atoms with Gasteiger partial charge in [-0.05, 0) is 43.2 Å². The van der Waals surface area contributed by atoms with Crippen LogP contribution in [0.25, 0.3) is 28.1 Å². The van der Waals surface area contributed by atoms with Crippen LogP contribution in [0.1, 0.15) is 30.5 Å². The molecule has 0 amide bonds. The Kier molecular flexibility index (Phi) is 4.51. The number of pyridine rings is 1. The molecule has 0 N–H and O–H groups in total.